The van der Waals surface area contributed by atoms with Crippen LogP contribution in [0, 0.1) is 0 Å². The van der Waals surface area contributed by atoms with Crippen molar-refractivity contribution < 1.29 is 9.59 Å². The van der Waals surface area contributed by atoms with Crippen LogP contribution in [0.1, 0.15) is 38.5 Å². The van der Waals surface area contributed by atoms with E-state index in [0.717, 1.165) is 36.2 Å². The van der Waals surface area contributed by atoms with Gasteiger partial charge in [-0.25, -0.2) is 4.68 Å². The van der Waals surface area contributed by atoms with Crippen LogP contribution >= 0.6 is 0 Å². The van der Waals surface area contributed by atoms with Crippen LogP contribution in [0.15, 0.2) is 54.6 Å². The average molecular weight is 346 g/mol. The molecule has 0 fully saturated rings. The molecule has 0 saturated heterocycles. The third-order valence-electron chi connectivity index (χ3n) is 4.57. The van der Waals surface area contributed by atoms with E-state index in [-0.39, 0.29) is 5.91 Å². The number of hydrogen-bond acceptors (Lipinski definition) is 3. The van der Waals surface area contributed by atoms with Gasteiger partial charge in [-0.05, 0) is 55.7 Å². The summed E-state index contributed by atoms with van der Waals surface area (Å²) in [5, 5.41) is 7.43. The molecule has 2 aromatic carbocycles. The summed E-state index contributed by atoms with van der Waals surface area (Å²) in [6, 6.07) is 16.3. The first-order chi connectivity index (χ1) is 12.6. The molecule has 3 aromatic rings. The molecule has 1 aliphatic rings. The molecule has 0 aliphatic heterocycles. The molecule has 2 amide bonds. The zero-order valence-electron chi connectivity index (χ0n) is 14.1. The highest BCUT2D eigenvalue weighted by Crippen LogP contribution is 2.28. The Labute approximate surface area is 150 Å². The molecule has 4 rings (SSSR count). The number of nitrogens with zero attached hydrogens (tertiary/aromatic N) is 2. The fourth-order valence-electron chi connectivity index (χ4n) is 3.31. The Morgan fingerprint density at radius 3 is 2.42 bits per heavy atom. The molecule has 1 aromatic heterocycles. The smallest absolute Gasteiger partial charge is 0.276 e. The predicted molar refractivity (Wildman–Crippen MR) is 98.5 cm³/mol. The summed E-state index contributed by atoms with van der Waals surface area (Å²) in [7, 11) is 0. The van der Waals surface area contributed by atoms with Crippen molar-refractivity contribution in [3.63, 3.8) is 0 Å². The summed E-state index contributed by atoms with van der Waals surface area (Å²) < 4.78 is 1.87. The highest BCUT2D eigenvalue weighted by Gasteiger charge is 2.26. The van der Waals surface area contributed by atoms with Crippen LogP contribution in [0.5, 0.6) is 0 Å². The van der Waals surface area contributed by atoms with Gasteiger partial charge in [0.2, 0.25) is 5.91 Å². The Morgan fingerprint density at radius 1 is 1.00 bits per heavy atom. The highest BCUT2D eigenvalue weighted by molar-refractivity contribution is 6.04. The lowest BCUT2D eigenvalue weighted by Crippen LogP contribution is -2.15. The first-order valence-corrected chi connectivity index (χ1v) is 8.51. The fraction of sp³-hybridized carbons (Fsp3) is 0.150. The zero-order chi connectivity index (χ0) is 18.1. The van der Waals surface area contributed by atoms with E-state index in [1.807, 2.05) is 35.0 Å². The van der Waals surface area contributed by atoms with Gasteiger partial charge in [0.05, 0.1) is 5.69 Å². The summed E-state index contributed by atoms with van der Waals surface area (Å²) in [4.78, 5) is 23.9. The number of primary amides is 1. The molecular formula is C20H18N4O2. The topological polar surface area (TPSA) is 90.0 Å². The van der Waals surface area contributed by atoms with Crippen LogP contribution in [0.25, 0.3) is 5.69 Å². The third kappa shape index (κ3) is 2.86. The van der Waals surface area contributed by atoms with Crippen molar-refractivity contribution in [1.29, 1.82) is 0 Å². The van der Waals surface area contributed by atoms with E-state index in [4.69, 9.17) is 5.73 Å². The molecule has 0 spiro atoms. The second-order valence-electron chi connectivity index (χ2n) is 6.27. The van der Waals surface area contributed by atoms with Crippen molar-refractivity contribution in [2.75, 3.05) is 5.32 Å². The number of nitrogens with two attached hydrogens (primary N) is 1. The maximum atomic E-state index is 12.8. The maximum Gasteiger partial charge on any atom is 0.276 e. The first-order valence-electron chi connectivity index (χ1n) is 8.51. The minimum atomic E-state index is -0.498. The Morgan fingerprint density at radius 2 is 1.73 bits per heavy atom. The molecule has 130 valence electrons. The number of nitrogens with one attached hydrogen (secondary N) is 1. The van der Waals surface area contributed by atoms with E-state index in [9.17, 15) is 9.59 Å². The number of aromatic nitrogens is 2. The number of fused-ring (bicyclic) bond motifs is 1. The molecule has 0 saturated carbocycles. The lowest BCUT2D eigenvalue weighted by atomic mass is 10.1. The quantitative estimate of drug-likeness (QED) is 0.761. The van der Waals surface area contributed by atoms with E-state index in [2.05, 4.69) is 10.4 Å². The van der Waals surface area contributed by atoms with Gasteiger partial charge in [-0.2, -0.15) is 5.10 Å². The number of carbonyl (C=O) groups excluding carboxylic acids is 2. The summed E-state index contributed by atoms with van der Waals surface area (Å²) in [5.41, 5.74) is 9.76. The van der Waals surface area contributed by atoms with Gasteiger partial charge in [-0.15, -0.1) is 0 Å². The molecule has 0 atom stereocenters. The van der Waals surface area contributed by atoms with E-state index < -0.39 is 5.91 Å². The molecule has 6 nitrogen and oxygen atoms in total. The van der Waals surface area contributed by atoms with Gasteiger partial charge in [-0.1, -0.05) is 18.2 Å². The molecule has 26 heavy (non-hydrogen) atoms. The van der Waals surface area contributed by atoms with Gasteiger partial charge in [0.1, 0.15) is 0 Å². The van der Waals surface area contributed by atoms with E-state index in [1.54, 1.807) is 24.3 Å². The number of carbonyl (C=O) groups is 2. The van der Waals surface area contributed by atoms with E-state index in [1.165, 1.54) is 0 Å². The van der Waals surface area contributed by atoms with Crippen LogP contribution in [0.4, 0.5) is 5.69 Å². The summed E-state index contributed by atoms with van der Waals surface area (Å²) in [6.07, 6.45) is 2.79. The summed E-state index contributed by atoms with van der Waals surface area (Å²) >= 11 is 0. The zero-order valence-corrected chi connectivity index (χ0v) is 14.1. The van der Waals surface area contributed by atoms with Crippen LogP contribution in [0.2, 0.25) is 0 Å². The van der Waals surface area contributed by atoms with Gasteiger partial charge in [0.15, 0.2) is 5.69 Å². The largest absolute Gasteiger partial charge is 0.366 e. The summed E-state index contributed by atoms with van der Waals surface area (Å²) in [5.74, 6) is -0.744. The Kier molecular flexibility index (Phi) is 4.01. The van der Waals surface area contributed by atoms with Crippen LogP contribution in [-0.4, -0.2) is 21.6 Å². The monoisotopic (exact) mass is 346 g/mol. The normalized spacial score (nSPS) is 12.6. The van der Waals surface area contributed by atoms with E-state index >= 15 is 0 Å². The van der Waals surface area contributed by atoms with Gasteiger partial charge in [-0.3, -0.25) is 9.59 Å². The standard InChI is InChI=1S/C20H18N4O2/c21-19(25)13-9-11-14(12-10-13)22-20(26)18-16-7-4-8-17(16)24(23-18)15-5-2-1-3-6-15/h1-3,5-6,9-12H,4,7-8H2,(H2,21,25)(H,22,26). The minimum absolute atomic E-state index is 0.246. The van der Waals surface area contributed by atoms with Crippen LogP contribution in [-0.2, 0) is 12.8 Å². The van der Waals surface area contributed by atoms with Crippen molar-refractivity contribution in [2.24, 2.45) is 5.73 Å². The van der Waals surface area contributed by atoms with Crippen molar-refractivity contribution in [3.05, 3.63) is 77.1 Å². The number of para-hydroxylation sites is 1. The van der Waals surface area contributed by atoms with Crippen LogP contribution in [0.3, 0.4) is 0 Å². The number of anilines is 1. The highest BCUT2D eigenvalue weighted by atomic mass is 16.2. The molecule has 1 heterocycles. The molecule has 0 radical (unpaired) electrons. The number of rotatable bonds is 4. The van der Waals surface area contributed by atoms with Crippen molar-refractivity contribution in [1.82, 2.24) is 9.78 Å². The molecule has 0 bridgehead atoms. The Balaban J connectivity index is 1.63. The maximum absolute atomic E-state index is 12.8. The Hall–Kier alpha value is -3.41. The first kappa shape index (κ1) is 16.1. The van der Waals surface area contributed by atoms with Gasteiger partial charge in [0.25, 0.3) is 5.91 Å². The van der Waals surface area contributed by atoms with Crippen molar-refractivity contribution in [3.8, 4) is 5.69 Å². The van der Waals surface area contributed by atoms with Crippen molar-refractivity contribution >= 4 is 17.5 Å². The lowest BCUT2D eigenvalue weighted by molar-refractivity contribution is 0.0997. The van der Waals surface area contributed by atoms with Gasteiger partial charge < -0.3 is 11.1 Å². The number of amides is 2. The molecule has 6 heteroatoms. The SMILES string of the molecule is NC(=O)c1ccc(NC(=O)c2nn(-c3ccccc3)c3c2CCC3)cc1. The lowest BCUT2D eigenvalue weighted by Gasteiger charge is -2.06. The Bertz CT molecular complexity index is 975. The second kappa shape index (κ2) is 6.48. The van der Waals surface area contributed by atoms with E-state index in [0.29, 0.717) is 16.9 Å². The fourth-order valence-corrected chi connectivity index (χ4v) is 3.31. The van der Waals surface area contributed by atoms with Crippen LogP contribution < -0.4 is 11.1 Å². The molecule has 3 N–H and O–H groups in total. The molecule has 0 unspecified atom stereocenters. The predicted octanol–water partition coefficient (Wildman–Crippen LogP) is 2.71. The third-order valence-corrected chi connectivity index (χ3v) is 4.57. The number of benzene rings is 2. The van der Waals surface area contributed by atoms with Gasteiger partial charge in [0, 0.05) is 22.5 Å². The second-order valence-corrected chi connectivity index (χ2v) is 6.27. The average Bonchev–Trinajstić information content (AvgIpc) is 3.25. The van der Waals surface area contributed by atoms with Crippen molar-refractivity contribution in [2.45, 2.75) is 19.3 Å². The summed E-state index contributed by atoms with van der Waals surface area (Å²) in [6.45, 7) is 0. The molecular weight excluding hydrogens is 328 g/mol. The number of hydrogen-bond donors (Lipinski definition) is 2. The molecule has 1 aliphatic carbocycles. The van der Waals surface area contributed by atoms with Gasteiger partial charge >= 0.3 is 0 Å². The minimum Gasteiger partial charge on any atom is -0.366 e.